The summed E-state index contributed by atoms with van der Waals surface area (Å²) in [7, 11) is 1.50. The molecule has 0 bridgehead atoms. The predicted octanol–water partition coefficient (Wildman–Crippen LogP) is 1.20. The van der Waals surface area contributed by atoms with Gasteiger partial charge in [0, 0.05) is 44.6 Å². The zero-order valence-electron chi connectivity index (χ0n) is 14.1. The van der Waals surface area contributed by atoms with Crippen LogP contribution in [0.5, 0.6) is 11.9 Å². The van der Waals surface area contributed by atoms with Crippen molar-refractivity contribution < 1.29 is 23.8 Å². The second-order valence-corrected chi connectivity index (χ2v) is 5.38. The lowest BCUT2D eigenvalue weighted by Gasteiger charge is -2.32. The van der Waals surface area contributed by atoms with Gasteiger partial charge in [-0.25, -0.2) is 4.98 Å². The summed E-state index contributed by atoms with van der Waals surface area (Å²) in [5.41, 5.74) is 0. The van der Waals surface area contributed by atoms with Crippen LogP contribution < -0.4 is 9.47 Å². The maximum absolute atomic E-state index is 12.1. The first-order chi connectivity index (χ1) is 11.6. The number of carbonyl (C=O) groups excluding carboxylic acids is 2. The number of hydrogen-bond acceptors (Lipinski definition) is 7. The number of ether oxygens (including phenoxy) is 3. The highest BCUT2D eigenvalue weighted by Crippen LogP contribution is 2.19. The molecule has 2 rings (SSSR count). The van der Waals surface area contributed by atoms with Crippen LogP contribution in [0.1, 0.15) is 32.6 Å². The van der Waals surface area contributed by atoms with Crippen LogP contribution in [0.3, 0.4) is 0 Å². The highest BCUT2D eigenvalue weighted by atomic mass is 16.5. The molecule has 1 aromatic heterocycles. The van der Waals surface area contributed by atoms with Crippen LogP contribution in [-0.2, 0) is 14.3 Å². The molecule has 1 aliphatic rings. The Morgan fingerprint density at radius 1 is 1.29 bits per heavy atom. The van der Waals surface area contributed by atoms with Crippen LogP contribution in [-0.4, -0.2) is 59.7 Å². The second-order valence-electron chi connectivity index (χ2n) is 5.38. The quantitative estimate of drug-likeness (QED) is 0.690. The van der Waals surface area contributed by atoms with Gasteiger partial charge in [0.25, 0.3) is 0 Å². The van der Waals surface area contributed by atoms with E-state index in [0.29, 0.717) is 25.6 Å². The summed E-state index contributed by atoms with van der Waals surface area (Å²) in [5, 5.41) is 0. The summed E-state index contributed by atoms with van der Waals surface area (Å²) in [5.74, 6) is 0.112. The van der Waals surface area contributed by atoms with Crippen molar-refractivity contribution in [1.82, 2.24) is 14.9 Å². The van der Waals surface area contributed by atoms with E-state index < -0.39 is 0 Å². The first kappa shape index (κ1) is 18.0. The number of carbonyl (C=O) groups is 2. The van der Waals surface area contributed by atoms with Gasteiger partial charge in [0.05, 0.1) is 20.1 Å². The van der Waals surface area contributed by atoms with Crippen LogP contribution in [0.25, 0.3) is 0 Å². The van der Waals surface area contributed by atoms with Gasteiger partial charge < -0.3 is 19.1 Å². The minimum atomic E-state index is -0.332. The van der Waals surface area contributed by atoms with E-state index in [2.05, 4.69) is 9.97 Å². The molecule has 8 heteroatoms. The van der Waals surface area contributed by atoms with E-state index in [9.17, 15) is 9.59 Å². The Morgan fingerprint density at radius 2 is 2.04 bits per heavy atom. The highest BCUT2D eigenvalue weighted by Gasteiger charge is 2.24. The van der Waals surface area contributed by atoms with Crippen molar-refractivity contribution in [3.8, 4) is 11.9 Å². The number of esters is 1. The molecule has 24 heavy (non-hydrogen) atoms. The van der Waals surface area contributed by atoms with Crippen molar-refractivity contribution in [3.05, 3.63) is 12.3 Å². The van der Waals surface area contributed by atoms with Crippen LogP contribution in [0, 0.1) is 0 Å². The Bertz CT molecular complexity index is 558. The molecule has 1 saturated heterocycles. The summed E-state index contributed by atoms with van der Waals surface area (Å²) >= 11 is 0. The van der Waals surface area contributed by atoms with Crippen LogP contribution >= 0.6 is 0 Å². The Morgan fingerprint density at radius 3 is 2.71 bits per heavy atom. The average molecular weight is 337 g/mol. The second kappa shape index (κ2) is 9.05. The molecule has 1 aliphatic heterocycles. The molecule has 0 N–H and O–H groups in total. The molecule has 0 spiro atoms. The number of piperidine rings is 1. The standard InChI is InChI=1S/C16H23N3O5/c1-3-23-15(21)5-4-14(20)19-10-7-12(8-11-19)24-13-6-9-17-16(18-13)22-2/h6,9,12H,3-5,7-8,10-11H2,1-2H3. The van der Waals surface area contributed by atoms with Gasteiger partial charge in [0.1, 0.15) is 6.10 Å². The molecule has 1 aromatic rings. The molecule has 0 radical (unpaired) electrons. The number of amides is 1. The molecule has 8 nitrogen and oxygen atoms in total. The van der Waals surface area contributed by atoms with Crippen molar-refractivity contribution in [2.45, 2.75) is 38.7 Å². The Kier molecular flexibility index (Phi) is 6.77. The first-order valence-corrected chi connectivity index (χ1v) is 8.09. The molecule has 1 fully saturated rings. The van der Waals surface area contributed by atoms with Crippen molar-refractivity contribution in [2.75, 3.05) is 26.8 Å². The number of rotatable bonds is 7. The zero-order valence-corrected chi connectivity index (χ0v) is 14.1. The fourth-order valence-corrected chi connectivity index (χ4v) is 2.48. The molecule has 2 heterocycles. The zero-order chi connectivity index (χ0) is 17.4. The normalized spacial score (nSPS) is 15.0. The van der Waals surface area contributed by atoms with Crippen molar-refractivity contribution in [1.29, 1.82) is 0 Å². The smallest absolute Gasteiger partial charge is 0.319 e. The Hall–Kier alpha value is -2.38. The van der Waals surface area contributed by atoms with Crippen molar-refractivity contribution in [3.63, 3.8) is 0 Å². The molecular formula is C16H23N3O5. The molecule has 1 amide bonds. The molecular weight excluding hydrogens is 314 g/mol. The third-order valence-corrected chi connectivity index (χ3v) is 3.72. The van der Waals surface area contributed by atoms with Gasteiger partial charge in [-0.15, -0.1) is 0 Å². The fourth-order valence-electron chi connectivity index (χ4n) is 2.48. The number of likely N-dealkylation sites (tertiary alicyclic amines) is 1. The summed E-state index contributed by atoms with van der Waals surface area (Å²) in [6.07, 6.45) is 3.33. The van der Waals surface area contributed by atoms with Gasteiger partial charge >= 0.3 is 12.0 Å². The van der Waals surface area contributed by atoms with Gasteiger partial charge in [-0.3, -0.25) is 9.59 Å². The summed E-state index contributed by atoms with van der Waals surface area (Å²) in [4.78, 5) is 33.2. The molecule has 0 aliphatic carbocycles. The number of methoxy groups -OCH3 is 1. The molecule has 0 aromatic carbocycles. The van der Waals surface area contributed by atoms with E-state index in [1.54, 1.807) is 24.1 Å². The maximum Gasteiger partial charge on any atom is 0.319 e. The minimum absolute atomic E-state index is 0.00119. The maximum atomic E-state index is 12.1. The number of aromatic nitrogens is 2. The third-order valence-electron chi connectivity index (χ3n) is 3.72. The minimum Gasteiger partial charge on any atom is -0.474 e. The first-order valence-electron chi connectivity index (χ1n) is 8.09. The topological polar surface area (TPSA) is 90.9 Å². The van der Waals surface area contributed by atoms with Crippen LogP contribution in [0.4, 0.5) is 0 Å². The highest BCUT2D eigenvalue weighted by molar-refractivity contribution is 5.81. The molecule has 132 valence electrons. The third kappa shape index (κ3) is 5.36. The monoisotopic (exact) mass is 337 g/mol. The van der Waals surface area contributed by atoms with E-state index >= 15 is 0 Å². The van der Waals surface area contributed by atoms with E-state index in [-0.39, 0.29) is 36.8 Å². The van der Waals surface area contributed by atoms with Crippen molar-refractivity contribution >= 4 is 11.9 Å². The van der Waals surface area contributed by atoms with Gasteiger partial charge in [-0.2, -0.15) is 4.98 Å². The molecule has 0 atom stereocenters. The van der Waals surface area contributed by atoms with Crippen LogP contribution in [0.15, 0.2) is 12.3 Å². The lowest BCUT2D eigenvalue weighted by Crippen LogP contribution is -2.42. The Balaban J connectivity index is 1.74. The summed E-state index contributed by atoms with van der Waals surface area (Å²) in [6.45, 7) is 3.30. The van der Waals surface area contributed by atoms with E-state index in [4.69, 9.17) is 14.2 Å². The SMILES string of the molecule is CCOC(=O)CCC(=O)N1CCC(Oc2ccnc(OC)n2)CC1. The molecule has 0 unspecified atom stereocenters. The lowest BCUT2D eigenvalue weighted by molar-refractivity contribution is -0.146. The largest absolute Gasteiger partial charge is 0.474 e. The summed E-state index contributed by atoms with van der Waals surface area (Å²) in [6, 6.07) is 1.94. The van der Waals surface area contributed by atoms with Crippen molar-refractivity contribution in [2.24, 2.45) is 0 Å². The fraction of sp³-hybridized carbons (Fsp3) is 0.625. The van der Waals surface area contributed by atoms with E-state index in [0.717, 1.165) is 12.8 Å². The van der Waals surface area contributed by atoms with E-state index in [1.807, 2.05) is 0 Å². The number of nitrogens with zero attached hydrogens (tertiary/aromatic N) is 3. The predicted molar refractivity (Wildman–Crippen MR) is 84.7 cm³/mol. The van der Waals surface area contributed by atoms with E-state index in [1.165, 1.54) is 7.11 Å². The Labute approximate surface area is 141 Å². The summed E-state index contributed by atoms with van der Waals surface area (Å²) < 4.78 is 15.6. The van der Waals surface area contributed by atoms with Gasteiger partial charge in [-0.05, 0) is 6.92 Å². The lowest BCUT2D eigenvalue weighted by atomic mass is 10.1. The van der Waals surface area contributed by atoms with Crippen LogP contribution in [0.2, 0.25) is 0 Å². The van der Waals surface area contributed by atoms with Gasteiger partial charge in [0.15, 0.2) is 0 Å². The number of hydrogen-bond donors (Lipinski definition) is 0. The van der Waals surface area contributed by atoms with Gasteiger partial charge in [-0.1, -0.05) is 0 Å². The van der Waals surface area contributed by atoms with Gasteiger partial charge in [0.2, 0.25) is 11.8 Å². The molecule has 0 saturated carbocycles. The average Bonchev–Trinajstić information content (AvgIpc) is 2.61.